The predicted molar refractivity (Wildman–Crippen MR) is 62.1 cm³/mol. The van der Waals surface area contributed by atoms with E-state index in [0.29, 0.717) is 5.41 Å². The van der Waals surface area contributed by atoms with Crippen LogP contribution in [0.4, 0.5) is 0 Å². The van der Waals surface area contributed by atoms with Crippen molar-refractivity contribution in [2.45, 2.75) is 18.3 Å². The maximum Gasteiger partial charge on any atom is 0.0587 e. The minimum Gasteiger partial charge on any atom is -0.383 e. The van der Waals surface area contributed by atoms with E-state index in [4.69, 9.17) is 4.74 Å². The van der Waals surface area contributed by atoms with Gasteiger partial charge in [0, 0.05) is 25.6 Å². The van der Waals surface area contributed by atoms with Crippen LogP contribution in [-0.2, 0) is 10.2 Å². The Hall–Kier alpha value is -0.860. The summed E-state index contributed by atoms with van der Waals surface area (Å²) in [7, 11) is 1.74. The minimum atomic E-state index is 0.426. The van der Waals surface area contributed by atoms with E-state index < -0.39 is 0 Å². The SMILES string of the molecule is COCCNCC1(c2ccccc2)CC1. The topological polar surface area (TPSA) is 21.3 Å². The lowest BCUT2D eigenvalue weighted by molar-refractivity contribution is 0.198. The van der Waals surface area contributed by atoms with Crippen LogP contribution < -0.4 is 5.32 Å². The van der Waals surface area contributed by atoms with E-state index in [1.807, 2.05) is 0 Å². The van der Waals surface area contributed by atoms with Gasteiger partial charge in [0.15, 0.2) is 0 Å². The zero-order chi connectivity index (χ0) is 10.6. The molecule has 0 bridgehead atoms. The van der Waals surface area contributed by atoms with Crippen LogP contribution in [0.15, 0.2) is 30.3 Å². The molecule has 1 aliphatic rings. The van der Waals surface area contributed by atoms with Crippen LogP contribution in [0.1, 0.15) is 18.4 Å². The van der Waals surface area contributed by atoms with Gasteiger partial charge in [-0.05, 0) is 18.4 Å². The van der Waals surface area contributed by atoms with Gasteiger partial charge >= 0.3 is 0 Å². The number of nitrogens with one attached hydrogen (secondary N) is 1. The van der Waals surface area contributed by atoms with Gasteiger partial charge in [-0.15, -0.1) is 0 Å². The molecule has 1 fully saturated rings. The summed E-state index contributed by atoms with van der Waals surface area (Å²) in [5.74, 6) is 0. The normalized spacial score (nSPS) is 17.7. The van der Waals surface area contributed by atoms with Gasteiger partial charge in [-0.2, -0.15) is 0 Å². The molecular formula is C13H19NO. The zero-order valence-corrected chi connectivity index (χ0v) is 9.33. The van der Waals surface area contributed by atoms with Crippen LogP contribution >= 0.6 is 0 Å². The molecule has 1 saturated carbocycles. The Morgan fingerprint density at radius 3 is 2.60 bits per heavy atom. The quantitative estimate of drug-likeness (QED) is 0.717. The Labute approximate surface area is 91.6 Å². The molecule has 2 rings (SSSR count). The lowest BCUT2D eigenvalue weighted by atomic mass is 9.96. The van der Waals surface area contributed by atoms with Gasteiger partial charge in [-0.25, -0.2) is 0 Å². The second-order valence-corrected chi connectivity index (χ2v) is 4.32. The fraction of sp³-hybridized carbons (Fsp3) is 0.538. The van der Waals surface area contributed by atoms with Gasteiger partial charge in [0.05, 0.1) is 6.61 Å². The molecule has 0 radical (unpaired) electrons. The van der Waals surface area contributed by atoms with Crippen molar-refractivity contribution in [2.24, 2.45) is 0 Å². The highest BCUT2D eigenvalue weighted by Gasteiger charge is 2.43. The highest BCUT2D eigenvalue weighted by molar-refractivity contribution is 5.31. The van der Waals surface area contributed by atoms with E-state index in [2.05, 4.69) is 35.6 Å². The third-order valence-corrected chi connectivity index (χ3v) is 3.19. The van der Waals surface area contributed by atoms with Crippen molar-refractivity contribution >= 4 is 0 Å². The van der Waals surface area contributed by atoms with Gasteiger partial charge in [-0.1, -0.05) is 30.3 Å². The molecule has 0 spiro atoms. The van der Waals surface area contributed by atoms with Crippen LogP contribution in [0.3, 0.4) is 0 Å². The molecule has 2 heteroatoms. The molecule has 0 aliphatic heterocycles. The van der Waals surface area contributed by atoms with Crippen molar-refractivity contribution in [1.29, 1.82) is 0 Å². The van der Waals surface area contributed by atoms with Crippen molar-refractivity contribution < 1.29 is 4.74 Å². The first-order valence-corrected chi connectivity index (χ1v) is 5.63. The smallest absolute Gasteiger partial charge is 0.0587 e. The van der Waals surface area contributed by atoms with E-state index in [9.17, 15) is 0 Å². The van der Waals surface area contributed by atoms with Gasteiger partial charge in [0.2, 0.25) is 0 Å². The monoisotopic (exact) mass is 205 g/mol. The molecule has 0 atom stereocenters. The Balaban J connectivity index is 1.86. The lowest BCUT2D eigenvalue weighted by Gasteiger charge is -2.16. The number of rotatable bonds is 6. The fourth-order valence-corrected chi connectivity index (χ4v) is 2.01. The largest absolute Gasteiger partial charge is 0.383 e. The van der Waals surface area contributed by atoms with Gasteiger partial charge in [-0.3, -0.25) is 0 Å². The summed E-state index contributed by atoms with van der Waals surface area (Å²) in [4.78, 5) is 0. The molecule has 1 N–H and O–H groups in total. The van der Waals surface area contributed by atoms with Crippen LogP contribution in [0, 0.1) is 0 Å². The minimum absolute atomic E-state index is 0.426. The Morgan fingerprint density at radius 1 is 1.27 bits per heavy atom. The molecule has 0 amide bonds. The van der Waals surface area contributed by atoms with E-state index in [1.165, 1.54) is 18.4 Å². The maximum absolute atomic E-state index is 5.02. The van der Waals surface area contributed by atoms with Crippen LogP contribution in [0.5, 0.6) is 0 Å². The van der Waals surface area contributed by atoms with Crippen LogP contribution in [-0.4, -0.2) is 26.8 Å². The zero-order valence-electron chi connectivity index (χ0n) is 9.33. The Morgan fingerprint density at radius 2 is 2.00 bits per heavy atom. The highest BCUT2D eigenvalue weighted by atomic mass is 16.5. The highest BCUT2D eigenvalue weighted by Crippen LogP contribution is 2.47. The summed E-state index contributed by atoms with van der Waals surface area (Å²) in [5, 5.41) is 3.46. The summed E-state index contributed by atoms with van der Waals surface area (Å²) in [6.45, 7) is 2.83. The fourth-order valence-electron chi connectivity index (χ4n) is 2.01. The molecule has 82 valence electrons. The van der Waals surface area contributed by atoms with Crippen molar-refractivity contribution in [1.82, 2.24) is 5.32 Å². The standard InChI is InChI=1S/C13H19NO/c1-15-10-9-14-11-13(7-8-13)12-5-3-2-4-6-12/h2-6,14H,7-11H2,1H3. The van der Waals surface area contributed by atoms with Gasteiger partial charge < -0.3 is 10.1 Å². The van der Waals surface area contributed by atoms with Gasteiger partial charge in [0.25, 0.3) is 0 Å². The molecule has 1 aromatic rings. The van der Waals surface area contributed by atoms with E-state index in [1.54, 1.807) is 7.11 Å². The second kappa shape index (κ2) is 4.77. The third kappa shape index (κ3) is 2.58. The third-order valence-electron chi connectivity index (χ3n) is 3.19. The van der Waals surface area contributed by atoms with Crippen molar-refractivity contribution in [3.8, 4) is 0 Å². The lowest BCUT2D eigenvalue weighted by Crippen LogP contribution is -2.29. The van der Waals surface area contributed by atoms with E-state index >= 15 is 0 Å². The average molecular weight is 205 g/mol. The van der Waals surface area contributed by atoms with Crippen molar-refractivity contribution in [3.05, 3.63) is 35.9 Å². The first-order chi connectivity index (χ1) is 7.37. The number of benzene rings is 1. The first-order valence-electron chi connectivity index (χ1n) is 5.63. The number of ether oxygens (including phenoxy) is 1. The molecule has 0 heterocycles. The number of methoxy groups -OCH3 is 1. The number of hydrogen-bond donors (Lipinski definition) is 1. The Kier molecular flexibility index (Phi) is 3.39. The summed E-state index contributed by atoms with van der Waals surface area (Å²) >= 11 is 0. The van der Waals surface area contributed by atoms with E-state index in [0.717, 1.165) is 19.7 Å². The predicted octanol–water partition coefficient (Wildman–Crippen LogP) is 1.95. The van der Waals surface area contributed by atoms with Crippen LogP contribution in [0.25, 0.3) is 0 Å². The molecule has 0 saturated heterocycles. The molecular weight excluding hydrogens is 186 g/mol. The molecule has 15 heavy (non-hydrogen) atoms. The molecule has 0 unspecified atom stereocenters. The van der Waals surface area contributed by atoms with Gasteiger partial charge in [0.1, 0.15) is 0 Å². The van der Waals surface area contributed by atoms with Crippen molar-refractivity contribution in [3.63, 3.8) is 0 Å². The average Bonchev–Trinajstić information content (AvgIpc) is 3.07. The second-order valence-electron chi connectivity index (χ2n) is 4.32. The molecule has 1 aliphatic carbocycles. The first kappa shape index (κ1) is 10.7. The Bertz CT molecular complexity index is 293. The summed E-state index contributed by atoms with van der Waals surface area (Å²) in [5.41, 5.74) is 1.91. The van der Waals surface area contributed by atoms with E-state index in [-0.39, 0.29) is 0 Å². The van der Waals surface area contributed by atoms with Crippen LogP contribution in [0.2, 0.25) is 0 Å². The molecule has 2 nitrogen and oxygen atoms in total. The summed E-state index contributed by atoms with van der Waals surface area (Å²) in [6, 6.07) is 10.8. The summed E-state index contributed by atoms with van der Waals surface area (Å²) in [6.07, 6.45) is 2.63. The molecule has 1 aromatic carbocycles. The maximum atomic E-state index is 5.02. The summed E-state index contributed by atoms with van der Waals surface area (Å²) < 4.78 is 5.02. The van der Waals surface area contributed by atoms with Crippen molar-refractivity contribution in [2.75, 3.05) is 26.8 Å². The number of hydrogen-bond acceptors (Lipinski definition) is 2. The molecule has 0 aromatic heterocycles.